The topological polar surface area (TPSA) is 12.5 Å². The second kappa shape index (κ2) is 4.57. The zero-order chi connectivity index (χ0) is 14.4. The lowest BCUT2D eigenvalue weighted by molar-refractivity contribution is 0.00680. The molecule has 0 N–H and O–H groups in total. The Bertz CT molecular complexity index is 686. The van der Waals surface area contributed by atoms with Gasteiger partial charge >= 0.3 is 0 Å². The van der Waals surface area contributed by atoms with Crippen molar-refractivity contribution in [3.63, 3.8) is 0 Å². The molecule has 2 nitrogen and oxygen atoms in total. The number of para-hydroxylation sites is 1. The standard InChI is InChI=1S/C18H18FNO/c1-20-10-9-18(13-5-4-6-14(19)11-13)16(12-20)15-7-2-3-8-17(15)21-18/h2-8,11,16H,9-10,12H2,1H3/t16-,18+/m1/s1. The maximum atomic E-state index is 13.7. The molecule has 108 valence electrons. The van der Waals surface area contributed by atoms with Gasteiger partial charge in [-0.15, -0.1) is 0 Å². The Morgan fingerprint density at radius 3 is 2.90 bits per heavy atom. The Balaban J connectivity index is 1.87. The summed E-state index contributed by atoms with van der Waals surface area (Å²) in [7, 11) is 2.14. The average molecular weight is 283 g/mol. The van der Waals surface area contributed by atoms with Crippen molar-refractivity contribution in [2.45, 2.75) is 17.9 Å². The van der Waals surface area contributed by atoms with Gasteiger partial charge in [-0.3, -0.25) is 0 Å². The molecule has 2 heterocycles. The van der Waals surface area contributed by atoms with Crippen LogP contribution in [-0.4, -0.2) is 25.0 Å². The summed E-state index contributed by atoms with van der Waals surface area (Å²) in [5, 5.41) is 0. The largest absolute Gasteiger partial charge is 0.482 e. The third kappa shape index (κ3) is 1.88. The van der Waals surface area contributed by atoms with Crippen LogP contribution in [0.2, 0.25) is 0 Å². The van der Waals surface area contributed by atoms with Gasteiger partial charge in [-0.1, -0.05) is 30.3 Å². The molecular formula is C18H18FNO. The van der Waals surface area contributed by atoms with E-state index in [0.29, 0.717) is 0 Å². The molecule has 21 heavy (non-hydrogen) atoms. The molecule has 3 heteroatoms. The monoisotopic (exact) mass is 283 g/mol. The van der Waals surface area contributed by atoms with E-state index in [1.807, 2.05) is 18.2 Å². The van der Waals surface area contributed by atoms with Gasteiger partial charge in [0.05, 0.1) is 0 Å². The SMILES string of the molecule is CN1CC[C@@]2(c3cccc(F)c3)Oc3ccccc3[C@H]2C1. The van der Waals surface area contributed by atoms with Gasteiger partial charge in [0, 0.05) is 31.0 Å². The number of hydrogen-bond acceptors (Lipinski definition) is 2. The molecule has 4 rings (SSSR count). The molecule has 2 aromatic rings. The molecule has 1 saturated heterocycles. The summed E-state index contributed by atoms with van der Waals surface area (Å²) in [5.74, 6) is 1.01. The Morgan fingerprint density at radius 1 is 1.19 bits per heavy atom. The van der Waals surface area contributed by atoms with E-state index in [2.05, 4.69) is 24.1 Å². The third-order valence-electron chi connectivity index (χ3n) is 4.82. The zero-order valence-electron chi connectivity index (χ0n) is 12.1. The van der Waals surface area contributed by atoms with Crippen molar-refractivity contribution < 1.29 is 9.13 Å². The Morgan fingerprint density at radius 2 is 2.05 bits per heavy atom. The van der Waals surface area contributed by atoms with Gasteiger partial charge in [-0.05, 0) is 30.8 Å². The predicted octanol–water partition coefficient (Wildman–Crippen LogP) is 3.53. The van der Waals surface area contributed by atoms with Crippen molar-refractivity contribution in [3.8, 4) is 5.75 Å². The van der Waals surface area contributed by atoms with Gasteiger partial charge in [0.15, 0.2) is 0 Å². The highest BCUT2D eigenvalue weighted by Gasteiger charge is 2.51. The van der Waals surface area contributed by atoms with Crippen molar-refractivity contribution in [1.82, 2.24) is 4.90 Å². The Labute approximate surface area is 124 Å². The quantitative estimate of drug-likeness (QED) is 0.794. The normalized spacial score (nSPS) is 27.8. The van der Waals surface area contributed by atoms with Gasteiger partial charge in [-0.2, -0.15) is 0 Å². The van der Waals surface area contributed by atoms with E-state index < -0.39 is 5.60 Å². The van der Waals surface area contributed by atoms with E-state index in [-0.39, 0.29) is 11.7 Å². The summed E-state index contributed by atoms with van der Waals surface area (Å²) in [6, 6.07) is 15.1. The maximum Gasteiger partial charge on any atom is 0.143 e. The summed E-state index contributed by atoms with van der Waals surface area (Å²) in [5.41, 5.74) is 1.78. The number of halogens is 1. The Hall–Kier alpha value is -1.87. The summed E-state index contributed by atoms with van der Waals surface area (Å²) < 4.78 is 20.1. The fourth-order valence-corrected chi connectivity index (χ4v) is 3.77. The van der Waals surface area contributed by atoms with Crippen LogP contribution in [0, 0.1) is 5.82 Å². The number of ether oxygens (including phenoxy) is 1. The molecule has 2 aromatic carbocycles. The molecule has 0 bridgehead atoms. The molecule has 0 aliphatic carbocycles. The zero-order valence-corrected chi connectivity index (χ0v) is 12.1. The van der Waals surface area contributed by atoms with E-state index in [9.17, 15) is 4.39 Å². The first-order chi connectivity index (χ1) is 10.2. The number of hydrogen-bond donors (Lipinski definition) is 0. The van der Waals surface area contributed by atoms with Gasteiger partial charge in [0.25, 0.3) is 0 Å². The number of likely N-dealkylation sites (N-methyl/N-ethyl adjacent to an activating group) is 1. The first-order valence-electron chi connectivity index (χ1n) is 7.41. The molecule has 2 atom stereocenters. The van der Waals surface area contributed by atoms with Crippen LogP contribution in [0.4, 0.5) is 4.39 Å². The van der Waals surface area contributed by atoms with Gasteiger partial charge in [-0.25, -0.2) is 4.39 Å². The highest BCUT2D eigenvalue weighted by molar-refractivity contribution is 5.47. The van der Waals surface area contributed by atoms with E-state index in [0.717, 1.165) is 30.8 Å². The lowest BCUT2D eigenvalue weighted by atomic mass is 9.74. The van der Waals surface area contributed by atoms with Crippen molar-refractivity contribution >= 4 is 0 Å². The van der Waals surface area contributed by atoms with Gasteiger partial charge in [0.1, 0.15) is 17.2 Å². The van der Waals surface area contributed by atoms with Gasteiger partial charge < -0.3 is 9.64 Å². The van der Waals surface area contributed by atoms with Crippen molar-refractivity contribution in [2.24, 2.45) is 0 Å². The van der Waals surface area contributed by atoms with Crippen LogP contribution in [-0.2, 0) is 5.60 Å². The smallest absolute Gasteiger partial charge is 0.143 e. The van der Waals surface area contributed by atoms with Crippen molar-refractivity contribution in [1.29, 1.82) is 0 Å². The van der Waals surface area contributed by atoms with Crippen molar-refractivity contribution in [3.05, 3.63) is 65.5 Å². The number of piperidine rings is 1. The van der Waals surface area contributed by atoms with Crippen LogP contribution in [0.25, 0.3) is 0 Å². The van der Waals surface area contributed by atoms with E-state index >= 15 is 0 Å². The molecule has 1 fully saturated rings. The van der Waals surface area contributed by atoms with Crippen molar-refractivity contribution in [2.75, 3.05) is 20.1 Å². The summed E-state index contributed by atoms with van der Waals surface area (Å²) in [6.45, 7) is 1.90. The second-order valence-electron chi connectivity index (χ2n) is 6.10. The predicted molar refractivity (Wildman–Crippen MR) is 80.0 cm³/mol. The maximum absolute atomic E-state index is 13.7. The van der Waals surface area contributed by atoms with Crippen LogP contribution in [0.5, 0.6) is 5.75 Å². The van der Waals surface area contributed by atoms with Crippen LogP contribution in [0.1, 0.15) is 23.5 Å². The minimum atomic E-state index is -0.418. The van der Waals surface area contributed by atoms with Gasteiger partial charge in [0.2, 0.25) is 0 Å². The first kappa shape index (κ1) is 12.8. The molecule has 0 unspecified atom stereocenters. The third-order valence-corrected chi connectivity index (χ3v) is 4.82. The fraction of sp³-hybridized carbons (Fsp3) is 0.333. The molecule has 0 amide bonds. The lowest BCUT2D eigenvalue weighted by Gasteiger charge is -2.42. The minimum Gasteiger partial charge on any atom is -0.482 e. The minimum absolute atomic E-state index is 0.195. The second-order valence-corrected chi connectivity index (χ2v) is 6.10. The summed E-state index contributed by atoms with van der Waals surface area (Å²) in [4.78, 5) is 2.33. The molecule has 2 aliphatic rings. The number of likely N-dealkylation sites (tertiary alicyclic amines) is 1. The molecule has 0 spiro atoms. The van der Waals surface area contributed by atoms with Crippen LogP contribution in [0.3, 0.4) is 0 Å². The van der Waals surface area contributed by atoms with E-state index in [1.165, 1.54) is 11.6 Å². The van der Waals surface area contributed by atoms with Crippen LogP contribution < -0.4 is 4.74 Å². The lowest BCUT2D eigenvalue weighted by Crippen LogP contribution is -2.47. The summed E-state index contributed by atoms with van der Waals surface area (Å²) >= 11 is 0. The van der Waals surface area contributed by atoms with E-state index in [1.54, 1.807) is 12.1 Å². The first-order valence-corrected chi connectivity index (χ1v) is 7.41. The number of benzene rings is 2. The van der Waals surface area contributed by atoms with Crippen LogP contribution >= 0.6 is 0 Å². The Kier molecular flexibility index (Phi) is 2.79. The van der Waals surface area contributed by atoms with E-state index in [4.69, 9.17) is 4.74 Å². The molecule has 0 aromatic heterocycles. The highest BCUT2D eigenvalue weighted by Crippen LogP contribution is 2.54. The fourth-order valence-electron chi connectivity index (χ4n) is 3.77. The average Bonchev–Trinajstić information content (AvgIpc) is 2.82. The molecule has 2 aliphatic heterocycles. The number of rotatable bonds is 1. The molecule has 0 saturated carbocycles. The number of nitrogens with zero attached hydrogens (tertiary/aromatic N) is 1. The van der Waals surface area contributed by atoms with Crippen LogP contribution in [0.15, 0.2) is 48.5 Å². The molecular weight excluding hydrogens is 265 g/mol. The summed E-state index contributed by atoms with van der Waals surface area (Å²) in [6.07, 6.45) is 0.881. The molecule has 0 radical (unpaired) electrons. The highest BCUT2D eigenvalue weighted by atomic mass is 19.1. The number of fused-ring (bicyclic) bond motifs is 3.